The van der Waals surface area contributed by atoms with Gasteiger partial charge in [-0.1, -0.05) is 6.07 Å². The van der Waals surface area contributed by atoms with E-state index < -0.39 is 0 Å². The van der Waals surface area contributed by atoms with Gasteiger partial charge in [0.15, 0.2) is 0 Å². The Balaban J connectivity index is 1.81. The zero-order valence-corrected chi connectivity index (χ0v) is 9.61. The van der Waals surface area contributed by atoms with Gasteiger partial charge in [0.05, 0.1) is 0 Å². The number of phenolic OH excluding ortho intramolecular Hbond substituents is 1. The lowest BCUT2D eigenvalue weighted by molar-refractivity contribution is 0.469. The molecule has 3 rings (SSSR count). The first-order chi connectivity index (χ1) is 7.72. The van der Waals surface area contributed by atoms with Crippen LogP contribution in [0.15, 0.2) is 18.2 Å². The molecule has 0 spiro atoms. The van der Waals surface area contributed by atoms with Gasteiger partial charge in [-0.2, -0.15) is 0 Å². The van der Waals surface area contributed by atoms with E-state index in [-0.39, 0.29) is 0 Å². The topological polar surface area (TPSA) is 35.5 Å². The molecule has 2 aliphatic rings. The summed E-state index contributed by atoms with van der Waals surface area (Å²) in [5, 5.41) is 13.2. The van der Waals surface area contributed by atoms with Crippen LogP contribution in [0.25, 0.3) is 0 Å². The van der Waals surface area contributed by atoms with E-state index in [1.165, 1.54) is 24.1 Å². The summed E-state index contributed by atoms with van der Waals surface area (Å²) >= 11 is 0. The van der Waals surface area contributed by atoms with E-state index in [9.17, 15) is 5.11 Å². The van der Waals surface area contributed by atoms with Crippen molar-refractivity contribution in [3.63, 3.8) is 0 Å². The van der Waals surface area contributed by atoms with Crippen molar-refractivity contribution in [2.75, 3.05) is 18.5 Å². The lowest BCUT2D eigenvalue weighted by Gasteiger charge is -2.34. The first-order valence-electron chi connectivity index (χ1n) is 6.01. The third kappa shape index (κ3) is 1.87. The van der Waals surface area contributed by atoms with Gasteiger partial charge in [0.1, 0.15) is 5.75 Å². The summed E-state index contributed by atoms with van der Waals surface area (Å²) in [7, 11) is 2.10. The number of hydrogen-bond donors (Lipinski definition) is 2. The number of benzene rings is 1. The third-order valence-electron chi connectivity index (χ3n) is 3.49. The monoisotopic (exact) mass is 218 g/mol. The number of aromatic hydroxyl groups is 1. The minimum atomic E-state index is 0.360. The molecule has 0 bridgehead atoms. The number of rotatable bonds is 2. The van der Waals surface area contributed by atoms with Crippen LogP contribution in [0.1, 0.15) is 18.4 Å². The smallest absolute Gasteiger partial charge is 0.117 e. The van der Waals surface area contributed by atoms with Crippen LogP contribution in [0, 0.1) is 0 Å². The van der Waals surface area contributed by atoms with Crippen LogP contribution >= 0.6 is 0 Å². The molecule has 0 saturated heterocycles. The molecule has 3 heteroatoms. The van der Waals surface area contributed by atoms with Crippen LogP contribution in [0.5, 0.6) is 5.75 Å². The fourth-order valence-electron chi connectivity index (χ4n) is 2.53. The molecular weight excluding hydrogens is 200 g/mol. The average molecular weight is 218 g/mol. The highest BCUT2D eigenvalue weighted by atomic mass is 16.3. The van der Waals surface area contributed by atoms with E-state index in [0.717, 1.165) is 19.0 Å². The van der Waals surface area contributed by atoms with Crippen molar-refractivity contribution >= 4 is 5.69 Å². The van der Waals surface area contributed by atoms with E-state index >= 15 is 0 Å². The molecule has 0 radical (unpaired) electrons. The van der Waals surface area contributed by atoms with Crippen molar-refractivity contribution in [2.24, 2.45) is 0 Å². The second kappa shape index (κ2) is 3.67. The van der Waals surface area contributed by atoms with Crippen LogP contribution in [0.4, 0.5) is 5.69 Å². The Bertz CT molecular complexity index is 401. The lowest BCUT2D eigenvalue weighted by atomic mass is 9.98. The molecule has 1 aliphatic heterocycles. The standard InChI is InChI=1S/C13H18N2O/c1-15-8-11(14-10-3-4-10)6-9-2-5-12(16)7-13(9)15/h2,5,7,10-11,14,16H,3-4,6,8H2,1H3. The molecule has 1 heterocycles. The Hall–Kier alpha value is -1.22. The highest BCUT2D eigenvalue weighted by Gasteiger charge is 2.28. The van der Waals surface area contributed by atoms with Crippen LogP contribution in [0.3, 0.4) is 0 Å². The number of likely N-dealkylation sites (N-methyl/N-ethyl adjacent to an activating group) is 1. The van der Waals surface area contributed by atoms with Gasteiger partial charge >= 0.3 is 0 Å². The Morgan fingerprint density at radius 3 is 2.88 bits per heavy atom. The zero-order valence-electron chi connectivity index (χ0n) is 9.61. The summed E-state index contributed by atoms with van der Waals surface area (Å²) in [5.41, 5.74) is 2.51. The van der Waals surface area contributed by atoms with Crippen LogP contribution in [-0.4, -0.2) is 30.8 Å². The number of nitrogens with zero attached hydrogens (tertiary/aromatic N) is 1. The summed E-state index contributed by atoms with van der Waals surface area (Å²) in [4.78, 5) is 2.23. The molecule has 86 valence electrons. The molecular formula is C13H18N2O. The maximum atomic E-state index is 9.49. The van der Waals surface area contributed by atoms with E-state index in [1.807, 2.05) is 12.1 Å². The maximum Gasteiger partial charge on any atom is 0.117 e. The van der Waals surface area contributed by atoms with E-state index in [0.29, 0.717) is 11.8 Å². The Morgan fingerprint density at radius 2 is 2.12 bits per heavy atom. The van der Waals surface area contributed by atoms with E-state index in [2.05, 4.69) is 17.3 Å². The van der Waals surface area contributed by atoms with Gasteiger partial charge in [-0.15, -0.1) is 0 Å². The lowest BCUT2D eigenvalue weighted by Crippen LogP contribution is -2.45. The van der Waals surface area contributed by atoms with Gasteiger partial charge < -0.3 is 15.3 Å². The van der Waals surface area contributed by atoms with Gasteiger partial charge in [0, 0.05) is 37.4 Å². The Kier molecular flexibility index (Phi) is 2.28. The molecule has 1 aromatic rings. The third-order valence-corrected chi connectivity index (χ3v) is 3.49. The fraction of sp³-hybridized carbons (Fsp3) is 0.538. The quantitative estimate of drug-likeness (QED) is 0.789. The van der Waals surface area contributed by atoms with Gasteiger partial charge in [-0.25, -0.2) is 0 Å². The fourth-order valence-corrected chi connectivity index (χ4v) is 2.53. The molecule has 1 atom stereocenters. The van der Waals surface area contributed by atoms with E-state index in [1.54, 1.807) is 6.07 Å². The molecule has 0 aromatic heterocycles. The summed E-state index contributed by atoms with van der Waals surface area (Å²) in [6.45, 7) is 1.03. The maximum absolute atomic E-state index is 9.49. The van der Waals surface area contributed by atoms with Crippen LogP contribution in [0.2, 0.25) is 0 Å². The summed E-state index contributed by atoms with van der Waals surface area (Å²) < 4.78 is 0. The molecule has 1 fully saturated rings. The summed E-state index contributed by atoms with van der Waals surface area (Å²) in [6, 6.07) is 7.02. The first kappa shape index (κ1) is 9.97. The average Bonchev–Trinajstić information content (AvgIpc) is 3.03. The van der Waals surface area contributed by atoms with Crippen LogP contribution in [-0.2, 0) is 6.42 Å². The number of hydrogen-bond acceptors (Lipinski definition) is 3. The normalized spacial score (nSPS) is 24.3. The number of nitrogens with one attached hydrogen (secondary N) is 1. The minimum Gasteiger partial charge on any atom is -0.508 e. The predicted molar refractivity (Wildman–Crippen MR) is 65.0 cm³/mol. The van der Waals surface area contributed by atoms with Crippen molar-refractivity contribution in [3.8, 4) is 5.75 Å². The summed E-state index contributed by atoms with van der Waals surface area (Å²) in [6.07, 6.45) is 3.75. The number of anilines is 1. The van der Waals surface area contributed by atoms with Gasteiger partial charge in [0.2, 0.25) is 0 Å². The number of fused-ring (bicyclic) bond motifs is 1. The SMILES string of the molecule is CN1CC(NC2CC2)Cc2ccc(O)cc21. The van der Waals surface area contributed by atoms with Crippen LogP contribution < -0.4 is 10.2 Å². The van der Waals surface area contributed by atoms with Gasteiger partial charge in [-0.05, 0) is 30.9 Å². The number of phenols is 1. The second-order valence-electron chi connectivity index (χ2n) is 5.04. The highest BCUT2D eigenvalue weighted by molar-refractivity contribution is 5.58. The first-order valence-corrected chi connectivity index (χ1v) is 6.01. The molecule has 0 amide bonds. The molecule has 1 saturated carbocycles. The zero-order chi connectivity index (χ0) is 11.1. The largest absolute Gasteiger partial charge is 0.508 e. The van der Waals surface area contributed by atoms with Crippen molar-refractivity contribution in [3.05, 3.63) is 23.8 Å². The highest BCUT2D eigenvalue weighted by Crippen LogP contribution is 2.30. The van der Waals surface area contributed by atoms with Gasteiger partial charge in [-0.3, -0.25) is 0 Å². The van der Waals surface area contributed by atoms with Crippen molar-refractivity contribution in [1.82, 2.24) is 5.32 Å². The van der Waals surface area contributed by atoms with E-state index in [4.69, 9.17) is 0 Å². The molecule has 1 aliphatic carbocycles. The Labute approximate surface area is 96.1 Å². The molecule has 16 heavy (non-hydrogen) atoms. The van der Waals surface area contributed by atoms with Gasteiger partial charge in [0.25, 0.3) is 0 Å². The van der Waals surface area contributed by atoms with Crippen molar-refractivity contribution < 1.29 is 5.11 Å². The molecule has 3 nitrogen and oxygen atoms in total. The van der Waals surface area contributed by atoms with Crippen molar-refractivity contribution in [2.45, 2.75) is 31.3 Å². The molecule has 1 aromatic carbocycles. The molecule has 1 unspecified atom stereocenters. The predicted octanol–water partition coefficient (Wildman–Crippen LogP) is 1.51. The Morgan fingerprint density at radius 1 is 1.31 bits per heavy atom. The second-order valence-corrected chi connectivity index (χ2v) is 5.04. The molecule has 2 N–H and O–H groups in total. The van der Waals surface area contributed by atoms with Crippen molar-refractivity contribution in [1.29, 1.82) is 0 Å². The summed E-state index contributed by atoms with van der Waals surface area (Å²) in [5.74, 6) is 0.360. The minimum absolute atomic E-state index is 0.360.